The Hall–Kier alpha value is -2.59. The van der Waals surface area contributed by atoms with Crippen molar-refractivity contribution in [2.45, 2.75) is 18.9 Å². The summed E-state index contributed by atoms with van der Waals surface area (Å²) in [6, 6.07) is 10.7. The smallest absolute Gasteiger partial charge is 0.263 e. The first kappa shape index (κ1) is 24.5. The van der Waals surface area contributed by atoms with Crippen molar-refractivity contribution < 1.29 is 13.2 Å². The number of sulfonamides is 1. The van der Waals surface area contributed by atoms with Gasteiger partial charge in [0.05, 0.1) is 5.56 Å². The van der Waals surface area contributed by atoms with Gasteiger partial charge in [-0.1, -0.05) is 35.3 Å². The second-order valence-electron chi connectivity index (χ2n) is 8.24. The van der Waals surface area contributed by atoms with Crippen molar-refractivity contribution in [1.29, 1.82) is 0 Å². The minimum Gasteiger partial charge on any atom is -0.369 e. The van der Waals surface area contributed by atoms with Gasteiger partial charge in [-0.15, -0.1) is 0 Å². The second kappa shape index (κ2) is 9.58. The topological polar surface area (TPSA) is 87.5 Å². The number of benzene rings is 2. The second-order valence-corrected chi connectivity index (χ2v) is 11.0. The molecule has 1 aromatic heterocycles. The van der Waals surface area contributed by atoms with E-state index in [1.165, 1.54) is 44.5 Å². The molecule has 1 fully saturated rings. The lowest BCUT2D eigenvalue weighted by Crippen LogP contribution is -2.49. The van der Waals surface area contributed by atoms with E-state index >= 15 is 0 Å². The molecule has 0 bridgehead atoms. The monoisotopic (exact) mass is 521 g/mol. The molecule has 3 aromatic rings. The van der Waals surface area contributed by atoms with Crippen molar-refractivity contribution in [3.8, 4) is 0 Å². The van der Waals surface area contributed by atoms with Crippen LogP contribution in [0, 0.1) is 13.8 Å². The van der Waals surface area contributed by atoms with Gasteiger partial charge in [-0.2, -0.15) is 9.40 Å². The van der Waals surface area contributed by atoms with Crippen molar-refractivity contribution in [1.82, 2.24) is 14.1 Å². The van der Waals surface area contributed by atoms with Crippen LogP contribution in [0.25, 0.3) is 0 Å². The number of piperazine rings is 1. The zero-order valence-electron chi connectivity index (χ0n) is 19.0. The number of rotatable bonds is 5. The Morgan fingerprint density at radius 1 is 1.03 bits per heavy atom. The maximum Gasteiger partial charge on any atom is 0.263 e. The third kappa shape index (κ3) is 4.93. The highest BCUT2D eigenvalue weighted by Gasteiger charge is 2.34. The number of halogens is 2. The van der Waals surface area contributed by atoms with Crippen LogP contribution in [0.5, 0.6) is 0 Å². The Balaban J connectivity index is 1.54. The molecule has 1 N–H and O–H groups in total. The quantitative estimate of drug-likeness (QED) is 0.545. The summed E-state index contributed by atoms with van der Waals surface area (Å²) in [6.45, 7) is 5.79. The van der Waals surface area contributed by atoms with Crippen molar-refractivity contribution in [3.05, 3.63) is 69.3 Å². The molecule has 0 aliphatic carbocycles. The predicted octanol–water partition coefficient (Wildman–Crippen LogP) is 4.11. The van der Waals surface area contributed by atoms with Crippen molar-refractivity contribution in [2.24, 2.45) is 7.05 Å². The van der Waals surface area contributed by atoms with Gasteiger partial charge < -0.3 is 10.2 Å². The molecule has 0 radical (unpaired) electrons. The first-order valence-corrected chi connectivity index (χ1v) is 12.9. The van der Waals surface area contributed by atoms with Gasteiger partial charge >= 0.3 is 0 Å². The van der Waals surface area contributed by atoms with Gasteiger partial charge in [0.25, 0.3) is 15.9 Å². The average molecular weight is 522 g/mol. The van der Waals surface area contributed by atoms with E-state index in [-0.39, 0.29) is 23.7 Å². The molecule has 0 atom stereocenters. The summed E-state index contributed by atoms with van der Waals surface area (Å²) in [4.78, 5) is 15.1. The number of aryl methyl sites for hydroxylation is 2. The van der Waals surface area contributed by atoms with Crippen LogP contribution in [0.3, 0.4) is 0 Å². The highest BCUT2D eigenvalue weighted by Crippen LogP contribution is 2.27. The van der Waals surface area contributed by atoms with E-state index in [0.29, 0.717) is 28.8 Å². The van der Waals surface area contributed by atoms with Gasteiger partial charge in [-0.25, -0.2) is 8.42 Å². The summed E-state index contributed by atoms with van der Waals surface area (Å²) in [5.74, 6) is -0.612. The Morgan fingerprint density at radius 3 is 2.32 bits per heavy atom. The minimum absolute atomic E-state index is 0.0458. The van der Waals surface area contributed by atoms with Gasteiger partial charge in [-0.05, 0) is 49.2 Å². The SMILES string of the molecule is Cc1cccc(N2CCN(S(=O)(=O)c3nn(C)cc3C(=O)Nc3cc(Cl)cc(Cl)c3)CC2)c1C. The molecular weight excluding hydrogens is 497 g/mol. The first-order valence-electron chi connectivity index (χ1n) is 10.7. The van der Waals surface area contributed by atoms with Crippen LogP contribution in [0.2, 0.25) is 10.0 Å². The van der Waals surface area contributed by atoms with E-state index in [2.05, 4.69) is 41.3 Å². The van der Waals surface area contributed by atoms with Crippen molar-refractivity contribution >= 4 is 50.5 Å². The predicted molar refractivity (Wildman–Crippen MR) is 135 cm³/mol. The number of carbonyl (C=O) groups is 1. The van der Waals surface area contributed by atoms with E-state index in [4.69, 9.17) is 23.2 Å². The molecule has 180 valence electrons. The molecule has 1 aliphatic rings. The summed E-state index contributed by atoms with van der Waals surface area (Å²) >= 11 is 12.0. The average Bonchev–Trinajstić information content (AvgIpc) is 3.18. The molecule has 0 unspecified atom stereocenters. The van der Waals surface area contributed by atoms with Gasteiger partial charge in [0, 0.05) is 60.8 Å². The lowest BCUT2D eigenvalue weighted by atomic mass is 10.1. The molecule has 8 nitrogen and oxygen atoms in total. The molecule has 0 saturated carbocycles. The Kier molecular flexibility index (Phi) is 6.91. The van der Waals surface area contributed by atoms with Gasteiger partial charge in [0.2, 0.25) is 5.03 Å². The Labute approximate surface area is 209 Å². The number of nitrogens with one attached hydrogen (secondary N) is 1. The van der Waals surface area contributed by atoms with Crippen LogP contribution in [0.1, 0.15) is 21.5 Å². The summed E-state index contributed by atoms with van der Waals surface area (Å²) < 4.78 is 29.6. The number of aromatic nitrogens is 2. The van der Waals surface area contributed by atoms with Crippen LogP contribution in [0.4, 0.5) is 11.4 Å². The van der Waals surface area contributed by atoms with Crippen molar-refractivity contribution in [2.75, 3.05) is 36.4 Å². The fraction of sp³-hybridized carbons (Fsp3) is 0.304. The number of hydrogen-bond acceptors (Lipinski definition) is 5. The lowest BCUT2D eigenvalue weighted by molar-refractivity contribution is 0.102. The number of anilines is 2. The fourth-order valence-electron chi connectivity index (χ4n) is 4.01. The zero-order valence-corrected chi connectivity index (χ0v) is 21.4. The molecule has 4 rings (SSSR count). The van der Waals surface area contributed by atoms with Crippen LogP contribution >= 0.6 is 23.2 Å². The first-order chi connectivity index (χ1) is 16.1. The molecule has 34 heavy (non-hydrogen) atoms. The highest BCUT2D eigenvalue weighted by molar-refractivity contribution is 7.89. The summed E-state index contributed by atoms with van der Waals surface area (Å²) in [6.07, 6.45) is 1.39. The molecule has 0 spiro atoms. The van der Waals surface area contributed by atoms with E-state index < -0.39 is 15.9 Å². The van der Waals surface area contributed by atoms with E-state index in [1.807, 2.05) is 6.07 Å². The molecule has 11 heteroatoms. The third-order valence-electron chi connectivity index (χ3n) is 5.90. The molecule has 2 heterocycles. The summed E-state index contributed by atoms with van der Waals surface area (Å²) in [5, 5.41) is 7.20. The molecule has 1 aliphatic heterocycles. The van der Waals surface area contributed by atoms with Crippen LogP contribution in [-0.2, 0) is 17.1 Å². The Morgan fingerprint density at radius 2 is 1.68 bits per heavy atom. The van der Waals surface area contributed by atoms with Crippen LogP contribution in [0.15, 0.2) is 47.6 Å². The Bertz CT molecular complexity index is 1330. The largest absolute Gasteiger partial charge is 0.369 e. The minimum atomic E-state index is -3.99. The summed E-state index contributed by atoms with van der Waals surface area (Å²) in [7, 11) is -2.41. The highest BCUT2D eigenvalue weighted by atomic mass is 35.5. The normalized spacial score (nSPS) is 14.9. The van der Waals surface area contributed by atoms with Gasteiger partial charge in [0.15, 0.2) is 0 Å². The van der Waals surface area contributed by atoms with E-state index in [0.717, 1.165) is 5.69 Å². The third-order valence-corrected chi connectivity index (χ3v) is 8.17. The number of amides is 1. The molecule has 1 saturated heterocycles. The van der Waals surface area contributed by atoms with Crippen molar-refractivity contribution in [3.63, 3.8) is 0 Å². The van der Waals surface area contributed by atoms with E-state index in [1.54, 1.807) is 7.05 Å². The molecule has 1 amide bonds. The van der Waals surface area contributed by atoms with Gasteiger partial charge in [0.1, 0.15) is 0 Å². The maximum absolute atomic E-state index is 13.5. The number of nitrogens with zero attached hydrogens (tertiary/aromatic N) is 4. The maximum atomic E-state index is 13.5. The fourth-order valence-corrected chi connectivity index (χ4v) is 6.08. The van der Waals surface area contributed by atoms with Crippen LogP contribution < -0.4 is 10.2 Å². The zero-order chi connectivity index (χ0) is 24.6. The molecule has 2 aromatic carbocycles. The summed E-state index contributed by atoms with van der Waals surface area (Å²) in [5.41, 5.74) is 3.80. The van der Waals surface area contributed by atoms with Crippen LogP contribution in [-0.4, -0.2) is 54.6 Å². The molecular formula is C23H25Cl2N5O3S. The van der Waals surface area contributed by atoms with E-state index in [9.17, 15) is 13.2 Å². The van der Waals surface area contributed by atoms with Gasteiger partial charge in [-0.3, -0.25) is 9.48 Å². The lowest BCUT2D eigenvalue weighted by Gasteiger charge is -2.36. The number of hydrogen-bond donors (Lipinski definition) is 1. The standard InChI is InChI=1S/C23H25Cl2N5O3S/c1-15-5-4-6-21(16(15)2)29-7-9-30(10-8-29)34(32,33)23-20(14-28(3)27-23)22(31)26-19-12-17(24)11-18(25)13-19/h4-6,11-14H,7-10H2,1-3H3,(H,26,31). The number of carbonyl (C=O) groups excluding carboxylic acids is 1.